The number of carbonyl (C=O) groups is 1. The number of H-pyrrole nitrogens is 1. The molecule has 1 aliphatic heterocycles. The van der Waals surface area contributed by atoms with E-state index in [0.29, 0.717) is 36.5 Å². The molecule has 0 bridgehead atoms. The number of halogens is 1. The van der Waals surface area contributed by atoms with Crippen molar-refractivity contribution in [2.24, 2.45) is 0 Å². The van der Waals surface area contributed by atoms with Gasteiger partial charge < -0.3 is 5.32 Å². The van der Waals surface area contributed by atoms with Gasteiger partial charge in [0.05, 0.1) is 5.69 Å². The second-order valence-corrected chi connectivity index (χ2v) is 6.44. The van der Waals surface area contributed by atoms with E-state index in [4.69, 9.17) is 0 Å². The van der Waals surface area contributed by atoms with E-state index >= 15 is 0 Å². The Kier molecular flexibility index (Phi) is 4.04. The van der Waals surface area contributed by atoms with Gasteiger partial charge in [-0.15, -0.1) is 0 Å². The van der Waals surface area contributed by atoms with Crippen molar-refractivity contribution in [1.29, 1.82) is 0 Å². The highest BCUT2D eigenvalue weighted by molar-refractivity contribution is 5.83. The number of aryl methyl sites for hydroxylation is 1. The maximum Gasteiger partial charge on any atom is 0.272 e. The molecule has 4 rings (SSSR count). The molecule has 0 saturated carbocycles. The van der Waals surface area contributed by atoms with Crippen LogP contribution in [0.1, 0.15) is 23.0 Å². The fraction of sp³-hybridized carbons (Fsp3) is 0.278. The highest BCUT2D eigenvalue weighted by Crippen LogP contribution is 2.25. The molecule has 0 aliphatic carbocycles. The van der Waals surface area contributed by atoms with Gasteiger partial charge in [0.25, 0.3) is 5.56 Å². The first-order valence-corrected chi connectivity index (χ1v) is 8.37. The van der Waals surface area contributed by atoms with E-state index in [1.54, 1.807) is 18.2 Å². The van der Waals surface area contributed by atoms with Crippen LogP contribution in [0.25, 0.3) is 5.65 Å². The minimum Gasteiger partial charge on any atom is -0.353 e. The summed E-state index contributed by atoms with van der Waals surface area (Å²) >= 11 is 0. The molecule has 2 N–H and O–H groups in total. The Hall–Kier alpha value is -3.00. The fourth-order valence-corrected chi connectivity index (χ4v) is 3.37. The molecule has 1 aliphatic rings. The molecule has 134 valence electrons. The Morgan fingerprint density at radius 3 is 2.92 bits per heavy atom. The number of hydrogen-bond donors (Lipinski definition) is 2. The smallest absolute Gasteiger partial charge is 0.272 e. The van der Waals surface area contributed by atoms with Gasteiger partial charge in [0.2, 0.25) is 5.91 Å². The van der Waals surface area contributed by atoms with Crippen LogP contribution in [0, 0.1) is 12.7 Å². The molecule has 1 atom stereocenters. The molecule has 7 nitrogen and oxygen atoms in total. The summed E-state index contributed by atoms with van der Waals surface area (Å²) in [6.45, 7) is 3.25. The van der Waals surface area contributed by atoms with Gasteiger partial charge in [-0.1, -0.05) is 12.1 Å². The lowest BCUT2D eigenvalue weighted by atomic mass is 10.0. The summed E-state index contributed by atoms with van der Waals surface area (Å²) in [5.41, 5.74) is 2.32. The van der Waals surface area contributed by atoms with E-state index in [1.807, 2.05) is 11.8 Å². The van der Waals surface area contributed by atoms with Crippen LogP contribution in [0.4, 0.5) is 4.39 Å². The van der Waals surface area contributed by atoms with E-state index in [-0.39, 0.29) is 17.3 Å². The molecule has 2 aromatic heterocycles. The number of benzene rings is 1. The van der Waals surface area contributed by atoms with Crippen LogP contribution in [0.2, 0.25) is 0 Å². The summed E-state index contributed by atoms with van der Waals surface area (Å²) in [5.74, 6) is -0.571. The normalized spacial score (nSPS) is 18.2. The monoisotopic (exact) mass is 355 g/mol. The van der Waals surface area contributed by atoms with Gasteiger partial charge >= 0.3 is 0 Å². The van der Waals surface area contributed by atoms with E-state index in [0.717, 1.165) is 5.69 Å². The Labute approximate surface area is 148 Å². The highest BCUT2D eigenvalue weighted by atomic mass is 19.1. The number of piperazine rings is 1. The summed E-state index contributed by atoms with van der Waals surface area (Å²) in [5, 5.41) is 5.74. The minimum absolute atomic E-state index is 0.183. The van der Waals surface area contributed by atoms with Crippen molar-refractivity contribution >= 4 is 11.6 Å². The SMILES string of the molecule is Cc1cc2nc(CN3CCNC(=O)C3c3cccc(F)c3)cc(=O)n2[nH]1. The lowest BCUT2D eigenvalue weighted by molar-refractivity contribution is -0.129. The Balaban J connectivity index is 1.69. The van der Waals surface area contributed by atoms with Crippen LogP contribution in [0.3, 0.4) is 0 Å². The summed E-state index contributed by atoms with van der Waals surface area (Å²) in [7, 11) is 0. The lowest BCUT2D eigenvalue weighted by Crippen LogP contribution is -2.49. The number of carbonyl (C=O) groups excluding carboxylic acids is 1. The van der Waals surface area contributed by atoms with Gasteiger partial charge in [0, 0.05) is 37.5 Å². The third-order valence-electron chi connectivity index (χ3n) is 4.47. The Bertz CT molecular complexity index is 1040. The lowest BCUT2D eigenvalue weighted by Gasteiger charge is -2.35. The van der Waals surface area contributed by atoms with Crippen molar-refractivity contribution < 1.29 is 9.18 Å². The Morgan fingerprint density at radius 2 is 2.12 bits per heavy atom. The molecule has 1 aromatic carbocycles. The number of nitrogens with zero attached hydrogens (tertiary/aromatic N) is 3. The molecule has 0 spiro atoms. The molecular formula is C18H18FN5O2. The third-order valence-corrected chi connectivity index (χ3v) is 4.47. The highest BCUT2D eigenvalue weighted by Gasteiger charge is 2.31. The first-order valence-electron chi connectivity index (χ1n) is 8.37. The van der Waals surface area contributed by atoms with Gasteiger partial charge in [0.15, 0.2) is 5.65 Å². The minimum atomic E-state index is -0.618. The van der Waals surface area contributed by atoms with Crippen LogP contribution in [-0.2, 0) is 11.3 Å². The number of nitrogens with one attached hydrogen (secondary N) is 2. The zero-order valence-corrected chi connectivity index (χ0v) is 14.2. The van der Waals surface area contributed by atoms with Gasteiger partial charge in [0.1, 0.15) is 11.9 Å². The van der Waals surface area contributed by atoms with E-state index < -0.39 is 6.04 Å². The van der Waals surface area contributed by atoms with Crippen LogP contribution in [0.15, 0.2) is 41.2 Å². The molecule has 0 radical (unpaired) electrons. The molecule has 1 amide bonds. The zero-order valence-electron chi connectivity index (χ0n) is 14.2. The predicted molar refractivity (Wildman–Crippen MR) is 93.1 cm³/mol. The maximum absolute atomic E-state index is 13.6. The summed E-state index contributed by atoms with van der Waals surface area (Å²) in [4.78, 5) is 31.1. The van der Waals surface area contributed by atoms with Crippen LogP contribution >= 0.6 is 0 Å². The molecule has 1 unspecified atom stereocenters. The number of aromatic nitrogens is 3. The van der Waals surface area contributed by atoms with E-state index in [1.165, 1.54) is 22.7 Å². The van der Waals surface area contributed by atoms with Gasteiger partial charge in [-0.05, 0) is 24.6 Å². The van der Waals surface area contributed by atoms with Crippen LogP contribution < -0.4 is 10.9 Å². The summed E-state index contributed by atoms with van der Waals surface area (Å²) < 4.78 is 15.0. The number of rotatable bonds is 3. The van der Waals surface area contributed by atoms with Crippen molar-refractivity contribution in [3.63, 3.8) is 0 Å². The number of hydrogen-bond acceptors (Lipinski definition) is 4. The maximum atomic E-state index is 13.6. The average Bonchev–Trinajstić information content (AvgIpc) is 2.96. The van der Waals surface area contributed by atoms with Crippen molar-refractivity contribution in [3.05, 3.63) is 69.5 Å². The van der Waals surface area contributed by atoms with E-state index in [2.05, 4.69) is 15.4 Å². The largest absolute Gasteiger partial charge is 0.353 e. The first kappa shape index (κ1) is 16.5. The molecule has 1 saturated heterocycles. The zero-order chi connectivity index (χ0) is 18.3. The van der Waals surface area contributed by atoms with E-state index in [9.17, 15) is 14.0 Å². The van der Waals surface area contributed by atoms with Crippen molar-refractivity contribution in [2.75, 3.05) is 13.1 Å². The number of aromatic amines is 1. The van der Waals surface area contributed by atoms with Gasteiger partial charge in [-0.2, -0.15) is 0 Å². The topological polar surface area (TPSA) is 82.5 Å². The molecular weight excluding hydrogens is 337 g/mol. The average molecular weight is 355 g/mol. The van der Waals surface area contributed by atoms with Crippen LogP contribution in [-0.4, -0.2) is 38.5 Å². The molecule has 3 heterocycles. The first-order chi connectivity index (χ1) is 12.5. The standard InChI is InChI=1S/C18H18FN5O2/c1-11-7-15-21-14(9-16(25)24(15)22-11)10-23-6-5-20-18(26)17(23)12-3-2-4-13(19)8-12/h2-4,7-9,17,22H,5-6,10H2,1H3,(H,20,26). The van der Waals surface area contributed by atoms with Crippen molar-refractivity contribution in [1.82, 2.24) is 24.8 Å². The van der Waals surface area contributed by atoms with Gasteiger partial charge in [-0.3, -0.25) is 19.6 Å². The van der Waals surface area contributed by atoms with Gasteiger partial charge in [-0.25, -0.2) is 13.9 Å². The Morgan fingerprint density at radius 1 is 1.27 bits per heavy atom. The summed E-state index contributed by atoms with van der Waals surface area (Å²) in [6.07, 6.45) is 0. The number of fused-ring (bicyclic) bond motifs is 1. The quantitative estimate of drug-likeness (QED) is 0.738. The molecule has 26 heavy (non-hydrogen) atoms. The second-order valence-electron chi connectivity index (χ2n) is 6.44. The molecule has 1 fully saturated rings. The molecule has 8 heteroatoms. The fourth-order valence-electron chi connectivity index (χ4n) is 3.37. The third kappa shape index (κ3) is 2.99. The predicted octanol–water partition coefficient (Wildman–Crippen LogP) is 1.14. The summed E-state index contributed by atoms with van der Waals surface area (Å²) in [6, 6.07) is 8.66. The van der Waals surface area contributed by atoms with Crippen LogP contribution in [0.5, 0.6) is 0 Å². The molecule has 3 aromatic rings. The number of amides is 1. The second kappa shape index (κ2) is 6.38. The van der Waals surface area contributed by atoms with Crippen molar-refractivity contribution in [2.45, 2.75) is 19.5 Å². The van der Waals surface area contributed by atoms with Crippen molar-refractivity contribution in [3.8, 4) is 0 Å².